The van der Waals surface area contributed by atoms with Gasteiger partial charge in [-0.15, -0.1) is 11.3 Å². The van der Waals surface area contributed by atoms with Gasteiger partial charge in [0.25, 0.3) is 0 Å². The molecule has 0 aliphatic rings. The van der Waals surface area contributed by atoms with Gasteiger partial charge >= 0.3 is 0 Å². The third-order valence-corrected chi connectivity index (χ3v) is 3.97. The van der Waals surface area contributed by atoms with Crippen LogP contribution in [-0.4, -0.2) is 0 Å². The van der Waals surface area contributed by atoms with Gasteiger partial charge in [-0.05, 0) is 41.6 Å². The molecule has 4 heteroatoms. The number of hydrogen-bond acceptors (Lipinski definition) is 3. The van der Waals surface area contributed by atoms with Crippen molar-refractivity contribution >= 4 is 27.3 Å². The summed E-state index contributed by atoms with van der Waals surface area (Å²) in [5, 5.41) is 2.06. The number of thiophene rings is 1. The summed E-state index contributed by atoms with van der Waals surface area (Å²) in [7, 11) is 0. The molecule has 0 saturated carbocycles. The molecule has 0 fully saturated rings. The highest BCUT2D eigenvalue weighted by atomic mass is 79.9. The number of halogens is 1. The first-order chi connectivity index (χ1) is 7.72. The minimum Gasteiger partial charge on any atom is -0.271 e. The van der Waals surface area contributed by atoms with E-state index in [-0.39, 0.29) is 6.04 Å². The van der Waals surface area contributed by atoms with Gasteiger partial charge in [-0.2, -0.15) is 0 Å². The van der Waals surface area contributed by atoms with E-state index in [1.807, 2.05) is 12.1 Å². The van der Waals surface area contributed by atoms with E-state index in [2.05, 4.69) is 51.9 Å². The number of nitrogens with one attached hydrogen (secondary N) is 1. The molecule has 1 atom stereocenters. The van der Waals surface area contributed by atoms with Gasteiger partial charge in [-0.1, -0.05) is 28.1 Å². The van der Waals surface area contributed by atoms with Crippen LogP contribution in [0.3, 0.4) is 0 Å². The molecule has 1 heterocycles. The van der Waals surface area contributed by atoms with E-state index >= 15 is 0 Å². The molecular formula is C12H13BrN2S. The summed E-state index contributed by atoms with van der Waals surface area (Å²) in [6.07, 6.45) is 0. The van der Waals surface area contributed by atoms with Crippen LogP contribution in [0, 0.1) is 6.92 Å². The van der Waals surface area contributed by atoms with Gasteiger partial charge in [-0.25, -0.2) is 5.43 Å². The predicted octanol–water partition coefficient (Wildman–Crippen LogP) is 3.37. The SMILES string of the molecule is Cc1cc(Br)ccc1C(NN)c1cccs1. The van der Waals surface area contributed by atoms with E-state index in [9.17, 15) is 0 Å². The van der Waals surface area contributed by atoms with Gasteiger partial charge in [0.1, 0.15) is 0 Å². The van der Waals surface area contributed by atoms with Crippen LogP contribution in [0.25, 0.3) is 0 Å². The fourth-order valence-electron chi connectivity index (χ4n) is 1.74. The van der Waals surface area contributed by atoms with E-state index in [0.717, 1.165) is 4.47 Å². The summed E-state index contributed by atoms with van der Waals surface area (Å²) in [4.78, 5) is 1.23. The Hall–Kier alpha value is -0.680. The lowest BCUT2D eigenvalue weighted by Crippen LogP contribution is -2.28. The molecule has 0 saturated heterocycles. The number of hydrazine groups is 1. The minimum atomic E-state index is 0.0769. The summed E-state index contributed by atoms with van der Waals surface area (Å²) in [6, 6.07) is 10.5. The Balaban J connectivity index is 2.41. The Morgan fingerprint density at radius 3 is 2.75 bits per heavy atom. The number of benzene rings is 1. The van der Waals surface area contributed by atoms with E-state index < -0.39 is 0 Å². The van der Waals surface area contributed by atoms with Crippen molar-refractivity contribution < 1.29 is 0 Å². The molecule has 0 spiro atoms. The Morgan fingerprint density at radius 2 is 2.19 bits per heavy atom. The lowest BCUT2D eigenvalue weighted by atomic mass is 10.0. The average molecular weight is 297 g/mol. The number of hydrogen-bond donors (Lipinski definition) is 2. The van der Waals surface area contributed by atoms with Crippen molar-refractivity contribution in [3.63, 3.8) is 0 Å². The fourth-order valence-corrected chi connectivity index (χ4v) is 3.02. The maximum atomic E-state index is 5.65. The summed E-state index contributed by atoms with van der Waals surface area (Å²) in [5.41, 5.74) is 5.32. The molecule has 0 bridgehead atoms. The van der Waals surface area contributed by atoms with Gasteiger partial charge in [0.15, 0.2) is 0 Å². The van der Waals surface area contributed by atoms with Crippen molar-refractivity contribution in [2.45, 2.75) is 13.0 Å². The van der Waals surface area contributed by atoms with Gasteiger partial charge in [0, 0.05) is 9.35 Å². The molecule has 3 N–H and O–H groups in total. The lowest BCUT2D eigenvalue weighted by molar-refractivity contribution is 0.643. The van der Waals surface area contributed by atoms with Gasteiger partial charge in [-0.3, -0.25) is 5.84 Å². The highest BCUT2D eigenvalue weighted by Crippen LogP contribution is 2.28. The van der Waals surface area contributed by atoms with Crippen molar-refractivity contribution in [3.05, 3.63) is 56.2 Å². The zero-order valence-electron chi connectivity index (χ0n) is 8.91. The molecule has 0 radical (unpaired) electrons. The van der Waals surface area contributed by atoms with Crippen molar-refractivity contribution in [1.29, 1.82) is 0 Å². The molecule has 16 heavy (non-hydrogen) atoms. The highest BCUT2D eigenvalue weighted by molar-refractivity contribution is 9.10. The van der Waals surface area contributed by atoms with Crippen LogP contribution in [0.1, 0.15) is 22.0 Å². The van der Waals surface area contributed by atoms with Crippen LogP contribution in [0.2, 0.25) is 0 Å². The monoisotopic (exact) mass is 296 g/mol. The maximum absolute atomic E-state index is 5.65. The standard InChI is InChI=1S/C12H13BrN2S/c1-8-7-9(13)4-5-10(8)12(15-14)11-3-2-6-16-11/h2-7,12,15H,14H2,1H3. The smallest absolute Gasteiger partial charge is 0.0805 e. The molecule has 2 nitrogen and oxygen atoms in total. The van der Waals surface area contributed by atoms with Crippen LogP contribution < -0.4 is 11.3 Å². The second-order valence-corrected chi connectivity index (χ2v) is 5.51. The summed E-state index contributed by atoms with van der Waals surface area (Å²) in [5.74, 6) is 5.65. The topological polar surface area (TPSA) is 38.0 Å². The largest absolute Gasteiger partial charge is 0.271 e. The predicted molar refractivity (Wildman–Crippen MR) is 72.4 cm³/mol. The van der Waals surface area contributed by atoms with Crippen LogP contribution >= 0.6 is 27.3 Å². The van der Waals surface area contributed by atoms with Gasteiger partial charge in [0.2, 0.25) is 0 Å². The molecule has 2 aromatic rings. The van der Waals surface area contributed by atoms with E-state index in [4.69, 9.17) is 5.84 Å². The molecule has 1 unspecified atom stereocenters. The van der Waals surface area contributed by atoms with Crippen molar-refractivity contribution in [2.75, 3.05) is 0 Å². The number of aryl methyl sites for hydroxylation is 1. The molecule has 1 aromatic carbocycles. The van der Waals surface area contributed by atoms with Crippen LogP contribution in [0.15, 0.2) is 40.2 Å². The van der Waals surface area contributed by atoms with Gasteiger partial charge < -0.3 is 0 Å². The second-order valence-electron chi connectivity index (χ2n) is 3.62. The third-order valence-electron chi connectivity index (χ3n) is 2.54. The highest BCUT2D eigenvalue weighted by Gasteiger charge is 2.15. The van der Waals surface area contributed by atoms with Crippen molar-refractivity contribution in [2.24, 2.45) is 5.84 Å². The summed E-state index contributed by atoms with van der Waals surface area (Å²) >= 11 is 5.18. The van der Waals surface area contributed by atoms with Crippen LogP contribution in [0.5, 0.6) is 0 Å². The van der Waals surface area contributed by atoms with Crippen LogP contribution in [-0.2, 0) is 0 Å². The number of nitrogens with two attached hydrogens (primary N) is 1. The van der Waals surface area contributed by atoms with Crippen molar-refractivity contribution in [1.82, 2.24) is 5.43 Å². The van der Waals surface area contributed by atoms with Gasteiger partial charge in [0.05, 0.1) is 6.04 Å². The van der Waals surface area contributed by atoms with Crippen molar-refractivity contribution in [3.8, 4) is 0 Å². The normalized spacial score (nSPS) is 12.7. The zero-order valence-corrected chi connectivity index (χ0v) is 11.3. The fraction of sp³-hybridized carbons (Fsp3) is 0.167. The first-order valence-corrected chi connectivity index (χ1v) is 6.65. The van der Waals surface area contributed by atoms with E-state index in [0.29, 0.717) is 0 Å². The summed E-state index contributed by atoms with van der Waals surface area (Å²) in [6.45, 7) is 2.10. The molecule has 84 valence electrons. The second kappa shape index (κ2) is 5.10. The molecule has 0 aliphatic carbocycles. The Bertz CT molecular complexity index is 468. The minimum absolute atomic E-state index is 0.0769. The molecular weight excluding hydrogens is 284 g/mol. The first kappa shape index (κ1) is 11.8. The quantitative estimate of drug-likeness (QED) is 0.673. The summed E-state index contributed by atoms with van der Waals surface area (Å²) < 4.78 is 1.09. The third kappa shape index (κ3) is 2.35. The Labute approximate surface area is 108 Å². The Kier molecular flexibility index (Phi) is 3.76. The Morgan fingerprint density at radius 1 is 1.38 bits per heavy atom. The average Bonchev–Trinajstić information content (AvgIpc) is 2.75. The first-order valence-electron chi connectivity index (χ1n) is 4.98. The molecule has 1 aromatic heterocycles. The molecule has 0 aliphatic heterocycles. The zero-order chi connectivity index (χ0) is 11.5. The lowest BCUT2D eigenvalue weighted by Gasteiger charge is -2.17. The maximum Gasteiger partial charge on any atom is 0.0805 e. The van der Waals surface area contributed by atoms with E-state index in [1.54, 1.807) is 11.3 Å². The number of rotatable bonds is 3. The van der Waals surface area contributed by atoms with Crippen LogP contribution in [0.4, 0.5) is 0 Å². The molecule has 0 amide bonds. The van der Waals surface area contributed by atoms with E-state index in [1.165, 1.54) is 16.0 Å². The molecule has 2 rings (SSSR count).